The van der Waals surface area contributed by atoms with Crippen molar-refractivity contribution >= 4 is 11.9 Å². The summed E-state index contributed by atoms with van der Waals surface area (Å²) >= 11 is 0. The van der Waals surface area contributed by atoms with Crippen molar-refractivity contribution in [2.75, 3.05) is 38.2 Å². The number of carbonyl (C=O) groups excluding carboxylic acids is 1. The highest BCUT2D eigenvalue weighted by Crippen LogP contribution is 2.42. The van der Waals surface area contributed by atoms with Crippen molar-refractivity contribution in [2.24, 2.45) is 5.41 Å². The molecule has 1 amide bonds. The van der Waals surface area contributed by atoms with Crippen molar-refractivity contribution in [1.29, 1.82) is 5.26 Å². The van der Waals surface area contributed by atoms with Crippen molar-refractivity contribution in [1.82, 2.24) is 9.88 Å². The first-order valence-electron chi connectivity index (χ1n) is 8.92. The van der Waals surface area contributed by atoms with Gasteiger partial charge in [0.05, 0.1) is 13.3 Å². The largest absolute Gasteiger partial charge is 0.495 e. The first kappa shape index (κ1) is 18.3. The molecule has 1 aromatic heterocycles. The third-order valence-electron chi connectivity index (χ3n) is 5.04. The molecule has 2 aliphatic heterocycles. The molecule has 1 aromatic rings. The fraction of sp³-hybridized carbons (Fsp3) is 0.632. The summed E-state index contributed by atoms with van der Waals surface area (Å²) in [5.74, 6) is 1.39. The van der Waals surface area contributed by atoms with Crippen LogP contribution in [-0.2, 0) is 4.74 Å². The minimum atomic E-state index is -0.459. The van der Waals surface area contributed by atoms with Crippen LogP contribution in [0.1, 0.15) is 39.2 Å². The molecule has 0 saturated carbocycles. The number of anilines is 1. The predicted molar refractivity (Wildman–Crippen MR) is 97.2 cm³/mol. The number of likely N-dealkylation sites (tertiary alicyclic amines) is 1. The number of pyridine rings is 1. The number of aromatic nitrogens is 1. The van der Waals surface area contributed by atoms with Crippen LogP contribution in [0.5, 0.6) is 5.75 Å². The molecule has 7 heteroatoms. The van der Waals surface area contributed by atoms with E-state index in [9.17, 15) is 4.79 Å². The smallest absolute Gasteiger partial charge is 0.410 e. The zero-order valence-corrected chi connectivity index (χ0v) is 15.9. The van der Waals surface area contributed by atoms with Crippen molar-refractivity contribution in [3.63, 3.8) is 0 Å². The van der Waals surface area contributed by atoms with Crippen LogP contribution in [0.4, 0.5) is 10.6 Å². The molecule has 0 atom stereocenters. The minimum absolute atomic E-state index is 0.220. The van der Waals surface area contributed by atoms with Gasteiger partial charge in [-0.15, -0.1) is 0 Å². The third kappa shape index (κ3) is 3.69. The molecule has 0 N–H and O–H groups in total. The number of amides is 1. The van der Waals surface area contributed by atoms with E-state index >= 15 is 0 Å². The van der Waals surface area contributed by atoms with E-state index in [-0.39, 0.29) is 11.5 Å². The second-order valence-electron chi connectivity index (χ2n) is 8.18. The number of ether oxygens (including phenoxy) is 2. The lowest BCUT2D eigenvalue weighted by Crippen LogP contribution is -2.61. The standard InChI is InChI=1S/C19H26N4O3/c1-18(2,3)26-17(24)22-7-5-19(6-8-22)12-23(13-19)16-9-15(25-4)14(10-20)11-21-16/h9,11H,5-8,12-13H2,1-4H3. The number of nitriles is 1. The van der Waals surface area contributed by atoms with Crippen LogP contribution >= 0.6 is 0 Å². The van der Waals surface area contributed by atoms with Crippen molar-refractivity contribution in [3.05, 3.63) is 17.8 Å². The summed E-state index contributed by atoms with van der Waals surface area (Å²) in [6.07, 6.45) is 3.28. The Bertz CT molecular complexity index is 719. The van der Waals surface area contributed by atoms with Gasteiger partial charge in [0.1, 0.15) is 28.8 Å². The molecular weight excluding hydrogens is 332 g/mol. The number of nitrogens with zero attached hydrogens (tertiary/aromatic N) is 4. The summed E-state index contributed by atoms with van der Waals surface area (Å²) in [6, 6.07) is 3.90. The topological polar surface area (TPSA) is 78.7 Å². The van der Waals surface area contributed by atoms with E-state index in [1.807, 2.05) is 31.7 Å². The molecule has 1 spiro atoms. The number of carbonyl (C=O) groups is 1. The van der Waals surface area contributed by atoms with E-state index in [4.69, 9.17) is 14.7 Å². The molecule has 26 heavy (non-hydrogen) atoms. The molecule has 0 unspecified atom stereocenters. The van der Waals surface area contributed by atoms with Gasteiger partial charge in [0, 0.05) is 37.7 Å². The van der Waals surface area contributed by atoms with Crippen LogP contribution in [0.2, 0.25) is 0 Å². The first-order chi connectivity index (χ1) is 12.3. The number of hydrogen-bond acceptors (Lipinski definition) is 6. The van der Waals surface area contributed by atoms with Crippen LogP contribution in [0.3, 0.4) is 0 Å². The van der Waals surface area contributed by atoms with Crippen LogP contribution in [0.15, 0.2) is 12.3 Å². The van der Waals surface area contributed by atoms with E-state index < -0.39 is 5.60 Å². The van der Waals surface area contributed by atoms with Gasteiger partial charge in [-0.3, -0.25) is 0 Å². The zero-order chi connectivity index (χ0) is 18.9. The van der Waals surface area contributed by atoms with Crippen LogP contribution in [0, 0.1) is 16.7 Å². The number of methoxy groups -OCH3 is 1. The molecule has 0 aromatic carbocycles. The molecular formula is C19H26N4O3. The maximum absolute atomic E-state index is 12.2. The Balaban J connectivity index is 1.56. The van der Waals surface area contributed by atoms with Gasteiger partial charge in [0.25, 0.3) is 0 Å². The number of rotatable bonds is 2. The molecule has 3 heterocycles. The lowest BCUT2D eigenvalue weighted by molar-refractivity contribution is 0.00589. The fourth-order valence-electron chi connectivity index (χ4n) is 3.58. The Labute approximate surface area is 154 Å². The highest BCUT2D eigenvalue weighted by Gasteiger charge is 2.46. The maximum atomic E-state index is 12.2. The van der Waals surface area contributed by atoms with Gasteiger partial charge < -0.3 is 19.3 Å². The Morgan fingerprint density at radius 1 is 1.31 bits per heavy atom. The summed E-state index contributed by atoms with van der Waals surface area (Å²) in [7, 11) is 1.56. The van der Waals surface area contributed by atoms with Crippen molar-refractivity contribution < 1.29 is 14.3 Å². The summed E-state index contributed by atoms with van der Waals surface area (Å²) < 4.78 is 10.7. The van der Waals surface area contributed by atoms with E-state index in [0.717, 1.165) is 44.8 Å². The average molecular weight is 358 g/mol. The molecule has 0 aliphatic carbocycles. The minimum Gasteiger partial charge on any atom is -0.495 e. The molecule has 0 bridgehead atoms. The quantitative estimate of drug-likeness (QED) is 0.809. The number of hydrogen-bond donors (Lipinski definition) is 0. The third-order valence-corrected chi connectivity index (χ3v) is 5.04. The normalized spacial score (nSPS) is 18.9. The van der Waals surface area contributed by atoms with Gasteiger partial charge >= 0.3 is 6.09 Å². The summed E-state index contributed by atoms with van der Waals surface area (Å²) in [5.41, 5.74) is 0.221. The van der Waals surface area contributed by atoms with Crippen LogP contribution in [0.25, 0.3) is 0 Å². The average Bonchev–Trinajstić information content (AvgIpc) is 2.57. The molecule has 2 fully saturated rings. The fourth-order valence-corrected chi connectivity index (χ4v) is 3.58. The Kier molecular flexibility index (Phi) is 4.70. The second-order valence-corrected chi connectivity index (χ2v) is 8.18. The monoisotopic (exact) mass is 358 g/mol. The summed E-state index contributed by atoms with van der Waals surface area (Å²) in [5, 5.41) is 9.06. The molecule has 2 aliphatic rings. The van der Waals surface area contributed by atoms with Crippen molar-refractivity contribution in [2.45, 2.75) is 39.2 Å². The Hall–Kier alpha value is -2.49. The Morgan fingerprint density at radius 3 is 2.50 bits per heavy atom. The lowest BCUT2D eigenvalue weighted by Gasteiger charge is -2.54. The highest BCUT2D eigenvalue weighted by atomic mass is 16.6. The molecule has 7 nitrogen and oxygen atoms in total. The lowest BCUT2D eigenvalue weighted by atomic mass is 9.72. The van der Waals surface area contributed by atoms with Gasteiger partial charge in [0.2, 0.25) is 0 Å². The highest BCUT2D eigenvalue weighted by molar-refractivity contribution is 5.68. The molecule has 3 rings (SSSR count). The summed E-state index contributed by atoms with van der Waals surface area (Å²) in [4.78, 5) is 20.6. The van der Waals surface area contributed by atoms with E-state index in [2.05, 4.69) is 16.0 Å². The second kappa shape index (κ2) is 6.67. The van der Waals surface area contributed by atoms with E-state index in [1.165, 1.54) is 0 Å². The predicted octanol–water partition coefficient (Wildman–Crippen LogP) is 2.80. The zero-order valence-electron chi connectivity index (χ0n) is 15.9. The molecule has 140 valence electrons. The SMILES string of the molecule is COc1cc(N2CC3(CCN(C(=O)OC(C)(C)C)CC3)C2)ncc1C#N. The molecule has 0 radical (unpaired) electrons. The van der Waals surface area contributed by atoms with Gasteiger partial charge in [-0.05, 0) is 33.6 Å². The van der Waals surface area contributed by atoms with Gasteiger partial charge in [-0.25, -0.2) is 9.78 Å². The van der Waals surface area contributed by atoms with Crippen LogP contribution < -0.4 is 9.64 Å². The van der Waals surface area contributed by atoms with Crippen LogP contribution in [-0.4, -0.2) is 54.9 Å². The first-order valence-corrected chi connectivity index (χ1v) is 8.92. The van der Waals surface area contributed by atoms with E-state index in [1.54, 1.807) is 13.3 Å². The Morgan fingerprint density at radius 2 is 1.96 bits per heavy atom. The summed E-state index contributed by atoms with van der Waals surface area (Å²) in [6.45, 7) is 8.95. The van der Waals surface area contributed by atoms with Crippen molar-refractivity contribution in [3.8, 4) is 11.8 Å². The van der Waals surface area contributed by atoms with E-state index in [0.29, 0.717) is 11.3 Å². The van der Waals surface area contributed by atoms with Gasteiger partial charge in [-0.1, -0.05) is 0 Å². The van der Waals surface area contributed by atoms with Gasteiger partial charge in [-0.2, -0.15) is 5.26 Å². The number of piperidine rings is 1. The maximum Gasteiger partial charge on any atom is 0.410 e. The van der Waals surface area contributed by atoms with Gasteiger partial charge in [0.15, 0.2) is 0 Å². The molecule has 2 saturated heterocycles.